The van der Waals surface area contributed by atoms with Crippen molar-refractivity contribution in [3.8, 4) is 0 Å². The third kappa shape index (κ3) is 3.03. The molecule has 0 atom stereocenters. The maximum Gasteiger partial charge on any atom is 0.263 e. The molecule has 2 aromatic rings. The number of aromatic nitrogens is 2. The molecular weight excluding hydrogens is 315 g/mol. The molecule has 0 saturated heterocycles. The first-order valence-corrected chi connectivity index (χ1v) is 7.74. The number of aryl methyl sites for hydroxylation is 2. The molecule has 9 heteroatoms. The van der Waals surface area contributed by atoms with Crippen molar-refractivity contribution in [1.82, 2.24) is 10.2 Å². The second kappa shape index (κ2) is 5.41. The molecule has 0 fully saturated rings. The molecule has 0 aliphatic rings. The van der Waals surface area contributed by atoms with Crippen molar-refractivity contribution < 1.29 is 12.8 Å². The van der Waals surface area contributed by atoms with Gasteiger partial charge in [0.05, 0.1) is 16.7 Å². The Balaban J connectivity index is 2.49. The zero-order valence-electron chi connectivity index (χ0n) is 11.3. The minimum absolute atomic E-state index is 0.00684. The topological polar surface area (TPSA) is 101 Å². The maximum atomic E-state index is 13.3. The van der Waals surface area contributed by atoms with Crippen LogP contribution in [-0.4, -0.2) is 23.6 Å². The van der Waals surface area contributed by atoms with Crippen molar-refractivity contribution in [2.75, 3.05) is 4.72 Å². The molecule has 21 heavy (non-hydrogen) atoms. The lowest BCUT2D eigenvalue weighted by Crippen LogP contribution is -2.19. The number of sulfonamides is 1. The largest absolute Gasteiger partial charge is 0.389 e. The van der Waals surface area contributed by atoms with Crippen molar-refractivity contribution in [2.24, 2.45) is 5.73 Å². The van der Waals surface area contributed by atoms with E-state index < -0.39 is 15.8 Å². The monoisotopic (exact) mass is 328 g/mol. The molecule has 112 valence electrons. The number of H-pyrrole nitrogens is 1. The number of nitrogens with one attached hydrogen (secondary N) is 2. The third-order valence-electron chi connectivity index (χ3n) is 2.84. The molecule has 0 saturated carbocycles. The van der Waals surface area contributed by atoms with Gasteiger partial charge in [0.15, 0.2) is 0 Å². The number of anilines is 1. The highest BCUT2D eigenvalue weighted by molar-refractivity contribution is 7.92. The van der Waals surface area contributed by atoms with E-state index in [1.54, 1.807) is 0 Å². The second-order valence-corrected chi connectivity index (χ2v) is 6.56. The van der Waals surface area contributed by atoms with Crippen molar-refractivity contribution in [3.63, 3.8) is 0 Å². The summed E-state index contributed by atoms with van der Waals surface area (Å²) in [6.07, 6.45) is 1.32. The fourth-order valence-electron chi connectivity index (χ4n) is 2.06. The molecular formula is C12H13FN4O2S2. The number of halogens is 1. The van der Waals surface area contributed by atoms with Crippen LogP contribution in [0.5, 0.6) is 0 Å². The van der Waals surface area contributed by atoms with Crippen LogP contribution in [0.1, 0.15) is 16.7 Å². The Labute approximate surface area is 126 Å². The Kier molecular flexibility index (Phi) is 3.97. The van der Waals surface area contributed by atoms with Gasteiger partial charge in [0.25, 0.3) is 10.0 Å². The van der Waals surface area contributed by atoms with Crippen LogP contribution in [0, 0.1) is 19.7 Å². The molecule has 4 N–H and O–H groups in total. The van der Waals surface area contributed by atoms with E-state index in [4.69, 9.17) is 18.0 Å². The fourth-order valence-corrected chi connectivity index (χ4v) is 3.70. The van der Waals surface area contributed by atoms with Gasteiger partial charge in [-0.15, -0.1) is 0 Å². The molecule has 0 aliphatic carbocycles. The van der Waals surface area contributed by atoms with Crippen LogP contribution >= 0.6 is 12.2 Å². The van der Waals surface area contributed by atoms with E-state index in [1.807, 2.05) is 0 Å². The quantitative estimate of drug-likeness (QED) is 0.740. The van der Waals surface area contributed by atoms with Crippen LogP contribution in [0.3, 0.4) is 0 Å². The molecule has 0 unspecified atom stereocenters. The van der Waals surface area contributed by atoms with E-state index in [0.29, 0.717) is 11.1 Å². The summed E-state index contributed by atoms with van der Waals surface area (Å²) in [4.78, 5) is 0.0152. The Morgan fingerprint density at radius 2 is 1.95 bits per heavy atom. The van der Waals surface area contributed by atoms with Gasteiger partial charge in [0.2, 0.25) is 0 Å². The van der Waals surface area contributed by atoms with E-state index in [2.05, 4.69) is 14.9 Å². The first-order valence-electron chi connectivity index (χ1n) is 5.85. The average molecular weight is 328 g/mol. The minimum Gasteiger partial charge on any atom is -0.389 e. The number of nitrogens with zero attached hydrogens (tertiary/aromatic N) is 1. The van der Waals surface area contributed by atoms with Crippen molar-refractivity contribution in [3.05, 3.63) is 40.8 Å². The zero-order chi connectivity index (χ0) is 15.8. The van der Waals surface area contributed by atoms with Crippen LogP contribution in [0.25, 0.3) is 0 Å². The number of thiocarbonyl (C=S) groups is 1. The molecule has 6 nitrogen and oxygen atoms in total. The van der Waals surface area contributed by atoms with Gasteiger partial charge in [-0.2, -0.15) is 5.10 Å². The molecule has 1 aromatic carbocycles. The van der Waals surface area contributed by atoms with Gasteiger partial charge in [0.1, 0.15) is 16.6 Å². The minimum atomic E-state index is -3.92. The summed E-state index contributed by atoms with van der Waals surface area (Å²) < 4.78 is 40.5. The first-order chi connectivity index (χ1) is 9.72. The summed E-state index contributed by atoms with van der Waals surface area (Å²) in [6.45, 7) is 3.04. The van der Waals surface area contributed by atoms with Crippen LogP contribution < -0.4 is 10.5 Å². The van der Waals surface area contributed by atoms with Gasteiger partial charge >= 0.3 is 0 Å². The normalized spacial score (nSPS) is 11.4. The number of hydrogen-bond acceptors (Lipinski definition) is 4. The second-order valence-electron chi connectivity index (χ2n) is 4.50. The predicted octanol–water partition coefficient (Wildman–Crippen LogP) is 1.60. The molecule has 0 amide bonds. The molecule has 2 rings (SSSR count). The molecule has 1 heterocycles. The van der Waals surface area contributed by atoms with Gasteiger partial charge in [-0.25, -0.2) is 12.8 Å². The summed E-state index contributed by atoms with van der Waals surface area (Å²) in [6, 6.07) is 2.31. The lowest BCUT2D eigenvalue weighted by Gasteiger charge is -2.12. The van der Waals surface area contributed by atoms with Gasteiger partial charge in [-0.05, 0) is 37.1 Å². The van der Waals surface area contributed by atoms with Crippen molar-refractivity contribution >= 4 is 33.0 Å². The lowest BCUT2D eigenvalue weighted by molar-refractivity contribution is 0.597. The third-order valence-corrected chi connectivity index (χ3v) is 4.71. The number of hydrogen-bond donors (Lipinski definition) is 3. The first kappa shape index (κ1) is 15.4. The Morgan fingerprint density at radius 3 is 2.48 bits per heavy atom. The Morgan fingerprint density at radius 1 is 1.38 bits per heavy atom. The van der Waals surface area contributed by atoms with Crippen LogP contribution in [0.2, 0.25) is 0 Å². The molecule has 0 bridgehead atoms. The average Bonchev–Trinajstić information content (AvgIpc) is 2.73. The molecule has 0 aliphatic heterocycles. The summed E-state index contributed by atoms with van der Waals surface area (Å²) >= 11 is 4.81. The number of rotatable bonds is 4. The highest BCUT2D eigenvalue weighted by Crippen LogP contribution is 2.24. The Bertz CT molecular complexity index is 791. The summed E-state index contributed by atoms with van der Waals surface area (Å²) in [5.74, 6) is -0.417. The number of benzene rings is 1. The van der Waals surface area contributed by atoms with Gasteiger partial charge in [-0.1, -0.05) is 12.2 Å². The van der Waals surface area contributed by atoms with E-state index in [1.165, 1.54) is 20.0 Å². The van der Waals surface area contributed by atoms with Crippen LogP contribution in [0.15, 0.2) is 23.2 Å². The smallest absolute Gasteiger partial charge is 0.263 e. The van der Waals surface area contributed by atoms with Gasteiger partial charge in [0, 0.05) is 0 Å². The van der Waals surface area contributed by atoms with Gasteiger partial charge in [-0.3, -0.25) is 9.82 Å². The fraction of sp³-hybridized carbons (Fsp3) is 0.167. The van der Waals surface area contributed by atoms with Crippen LogP contribution in [-0.2, 0) is 10.0 Å². The zero-order valence-corrected chi connectivity index (χ0v) is 12.9. The lowest BCUT2D eigenvalue weighted by atomic mass is 10.1. The van der Waals surface area contributed by atoms with Gasteiger partial charge < -0.3 is 5.73 Å². The number of nitrogens with two attached hydrogens (primary N) is 1. The summed E-state index contributed by atoms with van der Waals surface area (Å²) in [5.41, 5.74) is 6.37. The highest BCUT2D eigenvalue weighted by atomic mass is 32.2. The van der Waals surface area contributed by atoms with Crippen molar-refractivity contribution in [1.29, 1.82) is 0 Å². The standard InChI is InChI=1S/C12H13FN4O2S2/c1-6-3-8(13)4-7(2)10(6)21(18,19)17-12-9(11(14)20)5-15-16-12/h3-5H,1-2H3,(H2,14,20)(H2,15,16,17). The van der Waals surface area contributed by atoms with E-state index in [-0.39, 0.29) is 21.3 Å². The summed E-state index contributed by atoms with van der Waals surface area (Å²) in [7, 11) is -3.92. The molecule has 0 radical (unpaired) electrons. The van der Waals surface area contributed by atoms with E-state index in [0.717, 1.165) is 12.1 Å². The van der Waals surface area contributed by atoms with E-state index >= 15 is 0 Å². The number of aromatic amines is 1. The maximum absolute atomic E-state index is 13.3. The van der Waals surface area contributed by atoms with Crippen molar-refractivity contribution in [2.45, 2.75) is 18.7 Å². The molecule has 1 aromatic heterocycles. The van der Waals surface area contributed by atoms with E-state index in [9.17, 15) is 12.8 Å². The SMILES string of the molecule is Cc1cc(F)cc(C)c1S(=O)(=O)Nc1[nH]ncc1C(N)=S. The molecule has 0 spiro atoms. The predicted molar refractivity (Wildman–Crippen MR) is 81.2 cm³/mol. The summed E-state index contributed by atoms with van der Waals surface area (Å²) in [5, 5.41) is 6.18. The van der Waals surface area contributed by atoms with Crippen LogP contribution in [0.4, 0.5) is 10.2 Å². The highest BCUT2D eigenvalue weighted by Gasteiger charge is 2.22. The Hall–Kier alpha value is -2.00.